The van der Waals surface area contributed by atoms with Crippen molar-refractivity contribution in [3.8, 4) is 0 Å². The van der Waals surface area contributed by atoms with E-state index in [0.29, 0.717) is 11.4 Å². The maximum atomic E-state index is 13.3. The van der Waals surface area contributed by atoms with E-state index in [9.17, 15) is 13.2 Å². The zero-order valence-electron chi connectivity index (χ0n) is 15.5. The number of anilines is 2. The van der Waals surface area contributed by atoms with E-state index >= 15 is 0 Å². The summed E-state index contributed by atoms with van der Waals surface area (Å²) in [6, 6.07) is 20.4. The minimum absolute atomic E-state index is 0.127. The number of carbonyl (C=O) groups excluding carboxylic acids is 1. The molecule has 5 nitrogen and oxygen atoms in total. The van der Waals surface area contributed by atoms with Crippen LogP contribution in [0.5, 0.6) is 0 Å². The number of aryl methyl sites for hydroxylation is 1. The Labute approximate surface area is 187 Å². The van der Waals surface area contributed by atoms with Gasteiger partial charge in [0.15, 0.2) is 0 Å². The first-order valence-corrected chi connectivity index (χ1v) is 11.7. The minimum Gasteiger partial charge on any atom is -0.325 e. The molecule has 8 heteroatoms. The van der Waals surface area contributed by atoms with E-state index in [1.807, 2.05) is 6.92 Å². The summed E-state index contributed by atoms with van der Waals surface area (Å²) in [6.07, 6.45) is 0. The third kappa shape index (κ3) is 5.46. The lowest BCUT2D eigenvalue weighted by molar-refractivity contribution is -0.114. The van der Waals surface area contributed by atoms with Crippen molar-refractivity contribution in [2.75, 3.05) is 16.2 Å². The van der Waals surface area contributed by atoms with Crippen LogP contribution in [0.4, 0.5) is 11.4 Å². The molecular formula is C21H18Br2N2O3S. The molecule has 0 saturated carbocycles. The number of amides is 1. The molecule has 0 spiro atoms. The van der Waals surface area contributed by atoms with Gasteiger partial charge in [0.05, 0.1) is 10.6 Å². The van der Waals surface area contributed by atoms with Crippen LogP contribution in [0.2, 0.25) is 0 Å². The van der Waals surface area contributed by atoms with E-state index in [1.54, 1.807) is 72.8 Å². The lowest BCUT2D eigenvalue weighted by atomic mass is 10.2. The molecule has 3 rings (SSSR count). The van der Waals surface area contributed by atoms with Gasteiger partial charge in [-0.3, -0.25) is 9.10 Å². The van der Waals surface area contributed by atoms with Crippen LogP contribution < -0.4 is 9.62 Å². The summed E-state index contributed by atoms with van der Waals surface area (Å²) < 4.78 is 29.4. The highest BCUT2D eigenvalue weighted by Gasteiger charge is 2.27. The molecule has 150 valence electrons. The van der Waals surface area contributed by atoms with Crippen LogP contribution in [0.15, 0.2) is 86.6 Å². The number of hydrogen-bond donors (Lipinski definition) is 1. The maximum absolute atomic E-state index is 13.3. The summed E-state index contributed by atoms with van der Waals surface area (Å²) >= 11 is 6.69. The predicted molar refractivity (Wildman–Crippen MR) is 123 cm³/mol. The van der Waals surface area contributed by atoms with Crippen molar-refractivity contribution >= 4 is 59.2 Å². The number of benzene rings is 3. The van der Waals surface area contributed by atoms with Crippen molar-refractivity contribution in [1.82, 2.24) is 0 Å². The van der Waals surface area contributed by atoms with Crippen LogP contribution in [0, 0.1) is 6.92 Å². The summed E-state index contributed by atoms with van der Waals surface area (Å²) in [5, 5.41) is 2.74. The van der Waals surface area contributed by atoms with Gasteiger partial charge in [-0.15, -0.1) is 0 Å². The molecule has 1 amide bonds. The number of halogens is 2. The van der Waals surface area contributed by atoms with Gasteiger partial charge in [0.1, 0.15) is 6.54 Å². The molecule has 0 aliphatic carbocycles. The van der Waals surface area contributed by atoms with Gasteiger partial charge in [-0.2, -0.15) is 0 Å². The second kappa shape index (κ2) is 9.11. The monoisotopic (exact) mass is 536 g/mol. The van der Waals surface area contributed by atoms with Crippen LogP contribution in [0.1, 0.15) is 5.56 Å². The van der Waals surface area contributed by atoms with Crippen LogP contribution in [0.25, 0.3) is 0 Å². The minimum atomic E-state index is -3.93. The molecule has 0 bridgehead atoms. The number of hydrogen-bond acceptors (Lipinski definition) is 3. The van der Waals surface area contributed by atoms with E-state index in [4.69, 9.17) is 0 Å². The standard InChI is InChI=1S/C21H18Br2N2O3S/c1-15-2-12-20(13-3-15)29(27,28)25(19-10-6-17(23)7-11-19)14-21(26)24-18-8-4-16(22)5-9-18/h2-13H,14H2,1H3,(H,24,26). The van der Waals surface area contributed by atoms with E-state index < -0.39 is 15.9 Å². The second-order valence-electron chi connectivity index (χ2n) is 6.36. The summed E-state index contributed by atoms with van der Waals surface area (Å²) in [4.78, 5) is 12.8. The van der Waals surface area contributed by atoms with Gasteiger partial charge < -0.3 is 5.32 Å². The van der Waals surface area contributed by atoms with Crippen LogP contribution in [-0.2, 0) is 14.8 Å². The van der Waals surface area contributed by atoms with Gasteiger partial charge in [-0.1, -0.05) is 49.6 Å². The molecule has 0 atom stereocenters. The van der Waals surface area contributed by atoms with Gasteiger partial charge in [-0.05, 0) is 67.6 Å². The lowest BCUT2D eigenvalue weighted by Crippen LogP contribution is -2.38. The molecule has 29 heavy (non-hydrogen) atoms. The first-order valence-electron chi connectivity index (χ1n) is 8.66. The first kappa shape index (κ1) is 21.5. The van der Waals surface area contributed by atoms with Crippen molar-refractivity contribution in [3.05, 3.63) is 87.3 Å². The van der Waals surface area contributed by atoms with Crippen molar-refractivity contribution in [2.24, 2.45) is 0 Å². The predicted octanol–water partition coefficient (Wildman–Crippen LogP) is 5.35. The third-order valence-corrected chi connectivity index (χ3v) is 6.98. The molecule has 1 N–H and O–H groups in total. The number of nitrogens with zero attached hydrogens (tertiary/aromatic N) is 1. The molecule has 0 aliphatic heterocycles. The van der Waals surface area contributed by atoms with Crippen molar-refractivity contribution in [1.29, 1.82) is 0 Å². The second-order valence-corrected chi connectivity index (χ2v) is 10.0. The fourth-order valence-electron chi connectivity index (χ4n) is 2.62. The Morgan fingerprint density at radius 3 is 1.93 bits per heavy atom. The van der Waals surface area contributed by atoms with E-state index in [2.05, 4.69) is 37.2 Å². The Kier molecular flexibility index (Phi) is 6.77. The number of rotatable bonds is 6. The van der Waals surface area contributed by atoms with Crippen LogP contribution in [0.3, 0.4) is 0 Å². The summed E-state index contributed by atoms with van der Waals surface area (Å²) in [5.74, 6) is -0.439. The van der Waals surface area contributed by atoms with Gasteiger partial charge in [0, 0.05) is 14.6 Å². The molecule has 0 unspecified atom stereocenters. The molecule has 0 aliphatic rings. The highest BCUT2D eigenvalue weighted by molar-refractivity contribution is 9.10. The number of nitrogens with one attached hydrogen (secondary N) is 1. The smallest absolute Gasteiger partial charge is 0.264 e. The van der Waals surface area contributed by atoms with Crippen LogP contribution >= 0.6 is 31.9 Å². The number of carbonyl (C=O) groups is 1. The summed E-state index contributed by atoms with van der Waals surface area (Å²) in [7, 11) is -3.93. The van der Waals surface area contributed by atoms with Crippen molar-refractivity contribution in [2.45, 2.75) is 11.8 Å². The summed E-state index contributed by atoms with van der Waals surface area (Å²) in [6.45, 7) is 1.53. The molecule has 0 radical (unpaired) electrons. The zero-order valence-corrected chi connectivity index (χ0v) is 19.5. The van der Waals surface area contributed by atoms with Crippen LogP contribution in [-0.4, -0.2) is 20.9 Å². The fraction of sp³-hybridized carbons (Fsp3) is 0.0952. The van der Waals surface area contributed by atoms with Crippen molar-refractivity contribution in [3.63, 3.8) is 0 Å². The average molecular weight is 538 g/mol. The Balaban J connectivity index is 1.92. The Hall–Kier alpha value is -2.16. The highest BCUT2D eigenvalue weighted by Crippen LogP contribution is 2.26. The first-order chi connectivity index (χ1) is 13.8. The van der Waals surface area contributed by atoms with E-state index in [1.165, 1.54) is 0 Å². The Bertz CT molecular complexity index is 1100. The van der Waals surface area contributed by atoms with E-state index in [-0.39, 0.29) is 11.4 Å². The molecule has 3 aromatic rings. The van der Waals surface area contributed by atoms with Gasteiger partial charge in [0.2, 0.25) is 5.91 Å². The van der Waals surface area contributed by atoms with Crippen molar-refractivity contribution < 1.29 is 13.2 Å². The number of sulfonamides is 1. The third-order valence-electron chi connectivity index (χ3n) is 4.14. The molecule has 0 saturated heterocycles. The molecule has 3 aromatic carbocycles. The Morgan fingerprint density at radius 1 is 0.862 bits per heavy atom. The normalized spacial score (nSPS) is 11.1. The highest BCUT2D eigenvalue weighted by atomic mass is 79.9. The summed E-state index contributed by atoms with van der Waals surface area (Å²) in [5.41, 5.74) is 1.94. The quantitative estimate of drug-likeness (QED) is 0.460. The van der Waals surface area contributed by atoms with E-state index in [0.717, 1.165) is 18.8 Å². The SMILES string of the molecule is Cc1ccc(S(=O)(=O)N(CC(=O)Nc2ccc(Br)cc2)c2ccc(Br)cc2)cc1. The molecule has 0 aromatic heterocycles. The lowest BCUT2D eigenvalue weighted by Gasteiger charge is -2.24. The largest absolute Gasteiger partial charge is 0.325 e. The van der Waals surface area contributed by atoms with Gasteiger partial charge >= 0.3 is 0 Å². The van der Waals surface area contributed by atoms with Gasteiger partial charge in [-0.25, -0.2) is 8.42 Å². The van der Waals surface area contributed by atoms with Gasteiger partial charge in [0.25, 0.3) is 10.0 Å². The molecule has 0 heterocycles. The maximum Gasteiger partial charge on any atom is 0.264 e. The topological polar surface area (TPSA) is 66.5 Å². The fourth-order valence-corrected chi connectivity index (χ4v) is 4.57. The molecular weight excluding hydrogens is 520 g/mol. The Morgan fingerprint density at radius 2 is 1.38 bits per heavy atom. The zero-order chi connectivity index (χ0) is 21.0. The average Bonchev–Trinajstić information content (AvgIpc) is 2.69. The molecule has 0 fully saturated rings.